The highest BCUT2D eigenvalue weighted by molar-refractivity contribution is 5.96. The lowest BCUT2D eigenvalue weighted by molar-refractivity contribution is 0.0956. The average molecular weight is 189 g/mol. The fourth-order valence-corrected chi connectivity index (χ4v) is 1.87. The number of nitrogens with one attached hydrogen (secondary N) is 1. The second-order valence-electron chi connectivity index (χ2n) is 3.95. The fourth-order valence-electron chi connectivity index (χ4n) is 1.87. The molecular weight excluding hydrogens is 174 g/mol. The van der Waals surface area contributed by atoms with Crippen LogP contribution in [0.3, 0.4) is 0 Å². The van der Waals surface area contributed by atoms with E-state index in [4.69, 9.17) is 0 Å². The zero-order valence-electron chi connectivity index (χ0n) is 8.68. The van der Waals surface area contributed by atoms with Gasteiger partial charge in [0.2, 0.25) is 0 Å². The SMILES string of the molecule is Cc1cc2c(cc1C)C(=O)NCCC2. The van der Waals surface area contributed by atoms with Crippen LogP contribution in [0.1, 0.15) is 33.5 Å². The molecule has 1 N–H and O–H groups in total. The van der Waals surface area contributed by atoms with Gasteiger partial charge in [-0.2, -0.15) is 0 Å². The Kier molecular flexibility index (Phi) is 2.28. The standard InChI is InChI=1S/C12H15NO/c1-8-6-10-4-3-5-13-12(14)11(10)7-9(8)2/h6-7H,3-5H2,1-2H3,(H,13,14). The molecule has 0 atom stereocenters. The smallest absolute Gasteiger partial charge is 0.251 e. The molecule has 0 aliphatic carbocycles. The van der Waals surface area contributed by atoms with E-state index in [1.54, 1.807) is 0 Å². The average Bonchev–Trinajstić information content (AvgIpc) is 2.31. The van der Waals surface area contributed by atoms with Crippen molar-refractivity contribution in [3.8, 4) is 0 Å². The molecule has 14 heavy (non-hydrogen) atoms. The molecule has 74 valence electrons. The number of carbonyl (C=O) groups excluding carboxylic acids is 1. The number of amides is 1. The largest absolute Gasteiger partial charge is 0.352 e. The molecule has 2 nitrogen and oxygen atoms in total. The van der Waals surface area contributed by atoms with Crippen LogP contribution in [0.15, 0.2) is 12.1 Å². The third-order valence-corrected chi connectivity index (χ3v) is 2.87. The first-order valence-corrected chi connectivity index (χ1v) is 5.07. The second-order valence-corrected chi connectivity index (χ2v) is 3.95. The number of aryl methyl sites for hydroxylation is 3. The lowest BCUT2D eigenvalue weighted by Crippen LogP contribution is -2.22. The van der Waals surface area contributed by atoms with Crippen molar-refractivity contribution in [1.29, 1.82) is 0 Å². The summed E-state index contributed by atoms with van der Waals surface area (Å²) in [4.78, 5) is 11.7. The summed E-state index contributed by atoms with van der Waals surface area (Å²) in [6.45, 7) is 4.94. The molecule has 0 spiro atoms. The molecule has 1 aliphatic rings. The van der Waals surface area contributed by atoms with Gasteiger partial charge in [0.05, 0.1) is 0 Å². The van der Waals surface area contributed by atoms with Gasteiger partial charge in [-0.3, -0.25) is 4.79 Å². The van der Waals surface area contributed by atoms with Gasteiger partial charge in [-0.15, -0.1) is 0 Å². The highest BCUT2D eigenvalue weighted by Crippen LogP contribution is 2.19. The minimum absolute atomic E-state index is 0.0839. The molecule has 2 rings (SSSR count). The molecule has 1 aromatic rings. The second kappa shape index (κ2) is 3.45. The van der Waals surface area contributed by atoms with Gasteiger partial charge in [-0.05, 0) is 49.4 Å². The van der Waals surface area contributed by atoms with E-state index < -0.39 is 0 Å². The molecule has 1 heterocycles. The normalized spacial score (nSPS) is 15.7. The van der Waals surface area contributed by atoms with E-state index in [1.807, 2.05) is 13.0 Å². The predicted octanol–water partition coefficient (Wildman–Crippen LogP) is 1.98. The molecule has 0 saturated heterocycles. The van der Waals surface area contributed by atoms with E-state index in [0.29, 0.717) is 0 Å². The highest BCUT2D eigenvalue weighted by Gasteiger charge is 2.15. The van der Waals surface area contributed by atoms with Gasteiger partial charge in [0, 0.05) is 12.1 Å². The van der Waals surface area contributed by atoms with Crippen molar-refractivity contribution in [1.82, 2.24) is 5.32 Å². The van der Waals surface area contributed by atoms with E-state index in [9.17, 15) is 4.79 Å². The van der Waals surface area contributed by atoms with Crippen molar-refractivity contribution in [3.05, 3.63) is 34.4 Å². The van der Waals surface area contributed by atoms with Crippen LogP contribution in [0.4, 0.5) is 0 Å². The zero-order chi connectivity index (χ0) is 10.1. The molecule has 0 aromatic heterocycles. The summed E-state index contributed by atoms with van der Waals surface area (Å²) in [5.74, 6) is 0.0839. The van der Waals surface area contributed by atoms with E-state index in [2.05, 4.69) is 18.3 Å². The van der Waals surface area contributed by atoms with Gasteiger partial charge in [0.25, 0.3) is 5.91 Å². The van der Waals surface area contributed by atoms with E-state index in [-0.39, 0.29) is 5.91 Å². The molecule has 1 aromatic carbocycles. The highest BCUT2D eigenvalue weighted by atomic mass is 16.1. The molecule has 0 fully saturated rings. The Hall–Kier alpha value is -1.31. The summed E-state index contributed by atoms with van der Waals surface area (Å²) in [5.41, 5.74) is 4.54. The third kappa shape index (κ3) is 1.52. The van der Waals surface area contributed by atoms with Crippen LogP contribution in [0.25, 0.3) is 0 Å². The Bertz CT molecular complexity index is 382. The van der Waals surface area contributed by atoms with Crippen molar-refractivity contribution in [2.24, 2.45) is 0 Å². The zero-order valence-corrected chi connectivity index (χ0v) is 8.68. The Balaban J connectivity index is 2.54. The van der Waals surface area contributed by atoms with Crippen LogP contribution in [-0.2, 0) is 6.42 Å². The van der Waals surface area contributed by atoms with Crippen molar-refractivity contribution < 1.29 is 4.79 Å². The fraction of sp³-hybridized carbons (Fsp3) is 0.417. The first kappa shape index (κ1) is 9.25. The van der Waals surface area contributed by atoms with Crippen LogP contribution >= 0.6 is 0 Å². The summed E-state index contributed by atoms with van der Waals surface area (Å²) >= 11 is 0. The van der Waals surface area contributed by atoms with Crippen LogP contribution < -0.4 is 5.32 Å². The lowest BCUT2D eigenvalue weighted by Gasteiger charge is -2.08. The Morgan fingerprint density at radius 2 is 1.93 bits per heavy atom. The summed E-state index contributed by atoms with van der Waals surface area (Å²) in [5, 5.41) is 2.91. The molecule has 2 heteroatoms. The Morgan fingerprint density at radius 1 is 1.21 bits per heavy atom. The van der Waals surface area contributed by atoms with Crippen LogP contribution in [0.5, 0.6) is 0 Å². The predicted molar refractivity (Wildman–Crippen MR) is 56.6 cm³/mol. The summed E-state index contributed by atoms with van der Waals surface area (Å²) in [6, 6.07) is 4.15. The Labute approximate surface area is 84.3 Å². The molecule has 0 bridgehead atoms. The number of fused-ring (bicyclic) bond motifs is 1. The number of benzene rings is 1. The summed E-state index contributed by atoms with van der Waals surface area (Å²) < 4.78 is 0. The van der Waals surface area contributed by atoms with Crippen molar-refractivity contribution >= 4 is 5.91 Å². The molecule has 1 aliphatic heterocycles. The molecule has 0 unspecified atom stereocenters. The maximum Gasteiger partial charge on any atom is 0.251 e. The first-order chi connectivity index (χ1) is 6.68. The van der Waals surface area contributed by atoms with Crippen molar-refractivity contribution in [2.45, 2.75) is 26.7 Å². The number of carbonyl (C=O) groups is 1. The van der Waals surface area contributed by atoms with Gasteiger partial charge in [0.15, 0.2) is 0 Å². The van der Waals surface area contributed by atoms with Crippen molar-refractivity contribution in [2.75, 3.05) is 6.54 Å². The molecule has 0 radical (unpaired) electrons. The number of rotatable bonds is 0. The van der Waals surface area contributed by atoms with Crippen LogP contribution in [0.2, 0.25) is 0 Å². The maximum absolute atomic E-state index is 11.7. The molecule has 0 saturated carbocycles. The minimum atomic E-state index is 0.0839. The third-order valence-electron chi connectivity index (χ3n) is 2.87. The maximum atomic E-state index is 11.7. The van der Waals surface area contributed by atoms with Crippen LogP contribution in [0, 0.1) is 13.8 Å². The lowest BCUT2D eigenvalue weighted by atomic mass is 9.97. The first-order valence-electron chi connectivity index (χ1n) is 5.07. The Morgan fingerprint density at radius 3 is 2.71 bits per heavy atom. The van der Waals surface area contributed by atoms with Gasteiger partial charge in [0.1, 0.15) is 0 Å². The topological polar surface area (TPSA) is 29.1 Å². The van der Waals surface area contributed by atoms with E-state index in [1.165, 1.54) is 16.7 Å². The van der Waals surface area contributed by atoms with E-state index >= 15 is 0 Å². The van der Waals surface area contributed by atoms with E-state index in [0.717, 1.165) is 24.9 Å². The monoisotopic (exact) mass is 189 g/mol. The number of hydrogen-bond donors (Lipinski definition) is 1. The van der Waals surface area contributed by atoms with Gasteiger partial charge >= 0.3 is 0 Å². The quantitative estimate of drug-likeness (QED) is 0.664. The summed E-state index contributed by atoms with van der Waals surface area (Å²) in [6.07, 6.45) is 2.05. The van der Waals surface area contributed by atoms with Gasteiger partial charge in [-0.25, -0.2) is 0 Å². The van der Waals surface area contributed by atoms with Gasteiger partial charge in [-0.1, -0.05) is 6.07 Å². The molecular formula is C12H15NO. The summed E-state index contributed by atoms with van der Waals surface area (Å²) in [7, 11) is 0. The van der Waals surface area contributed by atoms with Gasteiger partial charge < -0.3 is 5.32 Å². The van der Waals surface area contributed by atoms with Crippen molar-refractivity contribution in [3.63, 3.8) is 0 Å². The minimum Gasteiger partial charge on any atom is -0.352 e. The van der Waals surface area contributed by atoms with Crippen LogP contribution in [-0.4, -0.2) is 12.5 Å². The molecule has 1 amide bonds. The number of hydrogen-bond acceptors (Lipinski definition) is 1.